The smallest absolute Gasteiger partial charge is 0.264 e. The molecule has 0 radical (unpaired) electrons. The van der Waals surface area contributed by atoms with Crippen molar-refractivity contribution >= 4 is 11.6 Å². The van der Waals surface area contributed by atoms with Gasteiger partial charge in [-0.1, -0.05) is 60.7 Å². The number of amides is 1. The van der Waals surface area contributed by atoms with Gasteiger partial charge in [-0.15, -0.1) is 0 Å². The summed E-state index contributed by atoms with van der Waals surface area (Å²) in [5, 5.41) is 14.7. The lowest BCUT2D eigenvalue weighted by atomic mass is 9.98. The van der Waals surface area contributed by atoms with Crippen LogP contribution in [0.3, 0.4) is 0 Å². The summed E-state index contributed by atoms with van der Waals surface area (Å²) >= 11 is 0. The number of halogens is 2. The minimum Gasteiger partial charge on any atom is -0.358 e. The molecule has 3 aromatic rings. The minimum absolute atomic E-state index is 0.173. The van der Waals surface area contributed by atoms with E-state index in [1.807, 2.05) is 60.7 Å². The Morgan fingerprint density at radius 1 is 0.931 bits per heavy atom. The Hall–Kier alpha value is -3.98. The molecule has 0 heterocycles. The summed E-state index contributed by atoms with van der Waals surface area (Å²) in [7, 11) is 0. The third kappa shape index (κ3) is 5.05. The van der Waals surface area contributed by atoms with Crippen molar-refractivity contribution in [2.24, 2.45) is 0 Å². The average molecular weight is 389 g/mol. The van der Waals surface area contributed by atoms with Gasteiger partial charge in [-0.3, -0.25) is 4.79 Å². The van der Waals surface area contributed by atoms with Crippen molar-refractivity contribution in [2.75, 3.05) is 5.32 Å². The van der Waals surface area contributed by atoms with Crippen molar-refractivity contribution in [3.05, 3.63) is 113 Å². The molecule has 0 aliphatic heterocycles. The largest absolute Gasteiger partial charge is 0.358 e. The van der Waals surface area contributed by atoms with E-state index < -0.39 is 23.6 Å². The summed E-state index contributed by atoms with van der Waals surface area (Å²) in [6, 6.07) is 22.8. The summed E-state index contributed by atoms with van der Waals surface area (Å²) in [5.74, 6) is -1.99. The summed E-state index contributed by atoms with van der Waals surface area (Å²) in [6.07, 6.45) is 1.06. The maximum atomic E-state index is 13.7. The van der Waals surface area contributed by atoms with Crippen LogP contribution in [0.4, 0.5) is 14.5 Å². The highest BCUT2D eigenvalue weighted by molar-refractivity contribution is 5.98. The number of nitriles is 1. The van der Waals surface area contributed by atoms with E-state index in [2.05, 4.69) is 10.6 Å². The molecule has 0 atom stereocenters. The van der Waals surface area contributed by atoms with Crippen molar-refractivity contribution < 1.29 is 13.6 Å². The predicted octanol–water partition coefficient (Wildman–Crippen LogP) is 4.69. The number of carbonyl (C=O) groups excluding carboxylic acids is 1. The third-order valence-corrected chi connectivity index (χ3v) is 4.21. The third-order valence-electron chi connectivity index (χ3n) is 4.21. The quantitative estimate of drug-likeness (QED) is 0.475. The van der Waals surface area contributed by atoms with Crippen LogP contribution in [0.25, 0.3) is 0 Å². The molecule has 0 saturated carbocycles. The second-order valence-corrected chi connectivity index (χ2v) is 6.17. The molecular formula is C23H17F2N3O. The van der Waals surface area contributed by atoms with Crippen molar-refractivity contribution in [1.82, 2.24) is 5.32 Å². The molecule has 0 spiro atoms. The van der Waals surface area contributed by atoms with Gasteiger partial charge in [0, 0.05) is 12.3 Å². The van der Waals surface area contributed by atoms with Gasteiger partial charge < -0.3 is 10.6 Å². The van der Waals surface area contributed by atoms with Crippen LogP contribution in [0.2, 0.25) is 0 Å². The van der Waals surface area contributed by atoms with E-state index in [1.54, 1.807) is 6.07 Å². The Balaban J connectivity index is 1.84. The van der Waals surface area contributed by atoms with E-state index >= 15 is 0 Å². The molecule has 0 unspecified atom stereocenters. The van der Waals surface area contributed by atoms with Crippen LogP contribution in [0.1, 0.15) is 17.2 Å². The van der Waals surface area contributed by atoms with Crippen molar-refractivity contribution in [2.45, 2.75) is 6.04 Å². The maximum Gasteiger partial charge on any atom is 0.264 e. The van der Waals surface area contributed by atoms with Crippen LogP contribution in [-0.2, 0) is 4.79 Å². The van der Waals surface area contributed by atoms with Gasteiger partial charge in [-0.05, 0) is 23.3 Å². The summed E-state index contributed by atoms with van der Waals surface area (Å²) in [4.78, 5) is 12.7. The highest BCUT2D eigenvalue weighted by Crippen LogP contribution is 2.22. The lowest BCUT2D eigenvalue weighted by Crippen LogP contribution is -2.30. The van der Waals surface area contributed by atoms with Crippen LogP contribution in [0.5, 0.6) is 0 Å². The molecule has 0 bridgehead atoms. The predicted molar refractivity (Wildman–Crippen MR) is 107 cm³/mol. The Labute approximate surface area is 167 Å². The van der Waals surface area contributed by atoms with Crippen LogP contribution in [0.15, 0.2) is 90.6 Å². The highest BCUT2D eigenvalue weighted by Gasteiger charge is 2.19. The molecule has 0 aromatic heterocycles. The van der Waals surface area contributed by atoms with Gasteiger partial charge in [0.2, 0.25) is 0 Å². The second kappa shape index (κ2) is 9.29. The first-order valence-corrected chi connectivity index (χ1v) is 8.81. The molecule has 1 amide bonds. The first-order valence-electron chi connectivity index (χ1n) is 8.81. The summed E-state index contributed by atoms with van der Waals surface area (Å²) in [6.45, 7) is 0. The number of benzene rings is 3. The van der Waals surface area contributed by atoms with Gasteiger partial charge in [0.05, 0.1) is 11.7 Å². The van der Waals surface area contributed by atoms with Crippen LogP contribution in [0, 0.1) is 23.0 Å². The number of anilines is 1. The van der Waals surface area contributed by atoms with Gasteiger partial charge in [0.25, 0.3) is 5.91 Å². The van der Waals surface area contributed by atoms with Gasteiger partial charge in [0.15, 0.2) is 0 Å². The molecule has 3 aromatic carbocycles. The molecule has 0 fully saturated rings. The topological polar surface area (TPSA) is 64.9 Å². The molecule has 144 valence electrons. The zero-order valence-corrected chi connectivity index (χ0v) is 15.3. The molecule has 0 aliphatic carbocycles. The lowest BCUT2D eigenvalue weighted by Gasteiger charge is -2.19. The minimum atomic E-state index is -0.702. The van der Waals surface area contributed by atoms with E-state index in [0.29, 0.717) is 0 Å². The number of hydrogen-bond acceptors (Lipinski definition) is 3. The Morgan fingerprint density at radius 3 is 2.07 bits per heavy atom. The van der Waals surface area contributed by atoms with Gasteiger partial charge in [-0.25, -0.2) is 8.78 Å². The SMILES string of the molecule is N#C/C(=C/Nc1cc(F)ccc1F)C(=O)NC(c1ccccc1)c1ccccc1. The standard InChI is InChI=1S/C23H17F2N3O/c24-19-11-12-20(25)21(13-19)27-15-18(14-26)23(29)28-22(16-7-3-1-4-8-16)17-9-5-2-6-10-17/h1-13,15,22,27H,(H,28,29)/b18-15-. The number of hydrogen-bond donors (Lipinski definition) is 2. The van der Waals surface area contributed by atoms with E-state index in [0.717, 1.165) is 35.5 Å². The fourth-order valence-electron chi connectivity index (χ4n) is 2.77. The normalized spacial score (nSPS) is 11.0. The second-order valence-electron chi connectivity index (χ2n) is 6.17. The van der Waals surface area contributed by atoms with Crippen LogP contribution >= 0.6 is 0 Å². The van der Waals surface area contributed by atoms with Gasteiger partial charge in [-0.2, -0.15) is 5.26 Å². The van der Waals surface area contributed by atoms with Gasteiger partial charge >= 0.3 is 0 Å². The summed E-state index contributed by atoms with van der Waals surface area (Å²) in [5.41, 5.74) is 1.24. The van der Waals surface area contributed by atoms with Gasteiger partial charge in [0.1, 0.15) is 23.3 Å². The Kier molecular flexibility index (Phi) is 6.33. The number of nitrogens with zero attached hydrogens (tertiary/aromatic N) is 1. The molecule has 3 rings (SSSR count). The lowest BCUT2D eigenvalue weighted by molar-refractivity contribution is -0.117. The van der Waals surface area contributed by atoms with Crippen molar-refractivity contribution in [3.63, 3.8) is 0 Å². The fraction of sp³-hybridized carbons (Fsp3) is 0.0435. The van der Waals surface area contributed by atoms with E-state index in [4.69, 9.17) is 0 Å². The highest BCUT2D eigenvalue weighted by atomic mass is 19.1. The molecule has 0 aliphatic rings. The van der Waals surface area contributed by atoms with E-state index in [1.165, 1.54) is 0 Å². The molecule has 29 heavy (non-hydrogen) atoms. The van der Waals surface area contributed by atoms with E-state index in [-0.39, 0.29) is 11.3 Å². The van der Waals surface area contributed by atoms with E-state index in [9.17, 15) is 18.8 Å². The fourth-order valence-corrected chi connectivity index (χ4v) is 2.77. The molecule has 0 saturated heterocycles. The molecule has 2 N–H and O–H groups in total. The Bertz CT molecular complexity index is 1020. The molecule has 4 nitrogen and oxygen atoms in total. The number of carbonyl (C=O) groups is 1. The molecule has 6 heteroatoms. The first-order chi connectivity index (χ1) is 14.1. The first kappa shape index (κ1) is 19.8. The molecular weight excluding hydrogens is 372 g/mol. The zero-order valence-electron chi connectivity index (χ0n) is 15.3. The van der Waals surface area contributed by atoms with Crippen LogP contribution < -0.4 is 10.6 Å². The number of rotatable bonds is 6. The monoisotopic (exact) mass is 389 g/mol. The average Bonchev–Trinajstić information content (AvgIpc) is 2.76. The van der Waals surface area contributed by atoms with Crippen molar-refractivity contribution in [1.29, 1.82) is 5.26 Å². The summed E-state index contributed by atoms with van der Waals surface area (Å²) < 4.78 is 27.0. The maximum absolute atomic E-state index is 13.7. The van der Waals surface area contributed by atoms with Crippen molar-refractivity contribution in [3.8, 4) is 6.07 Å². The Morgan fingerprint density at radius 2 is 1.52 bits per heavy atom. The zero-order chi connectivity index (χ0) is 20.6. The van der Waals surface area contributed by atoms with Crippen LogP contribution in [-0.4, -0.2) is 5.91 Å². The number of nitrogens with one attached hydrogen (secondary N) is 2.